The number of nitrogens with zero attached hydrogens (tertiary/aromatic N) is 7. The molecule has 1 aliphatic rings. The molecule has 0 saturated heterocycles. The van der Waals surface area contributed by atoms with Gasteiger partial charge in [-0.25, -0.2) is 19.7 Å². The number of hydrogen-bond acceptors (Lipinski definition) is 8. The Hall–Kier alpha value is -4.74. The fraction of sp³-hybridized carbons (Fsp3) is 0.143. The summed E-state index contributed by atoms with van der Waals surface area (Å²) < 4.78 is 3.51. The second-order valence-electron chi connectivity index (χ2n) is 7.68. The zero-order chi connectivity index (χ0) is 22.4. The minimum absolute atomic E-state index is 0.243. The summed E-state index contributed by atoms with van der Waals surface area (Å²) in [6.45, 7) is 0. The maximum Gasteiger partial charge on any atom is 0.326 e. The Morgan fingerprint density at radius 3 is 2.82 bits per heavy atom. The average molecular weight is 442 g/mol. The lowest BCUT2D eigenvalue weighted by atomic mass is 10.3. The summed E-state index contributed by atoms with van der Waals surface area (Å²) in [6.07, 6.45) is 12.3. The van der Waals surface area contributed by atoms with Crippen LogP contribution in [0.2, 0.25) is 0 Å². The molecule has 33 heavy (non-hydrogen) atoms. The van der Waals surface area contributed by atoms with Gasteiger partial charge in [-0.05, 0) is 31.1 Å². The van der Waals surface area contributed by atoms with Crippen LogP contribution < -0.4 is 21.7 Å². The lowest BCUT2D eigenvalue weighted by molar-refractivity contribution is 0.454. The van der Waals surface area contributed by atoms with Gasteiger partial charge in [-0.1, -0.05) is 0 Å². The first-order chi connectivity index (χ1) is 16.1. The number of pyridine rings is 1. The van der Waals surface area contributed by atoms with Gasteiger partial charge in [0.15, 0.2) is 11.1 Å². The minimum Gasteiger partial charge on any atom is -0.493 e. The predicted octanol–water partition coefficient (Wildman–Crippen LogP) is 0.386. The second-order valence-corrected chi connectivity index (χ2v) is 7.68. The van der Waals surface area contributed by atoms with Crippen LogP contribution in [0.25, 0.3) is 17.4 Å². The first kappa shape index (κ1) is 19.0. The van der Waals surface area contributed by atoms with E-state index in [0.717, 1.165) is 18.5 Å². The summed E-state index contributed by atoms with van der Waals surface area (Å²) in [5.41, 5.74) is 1.81. The molecule has 1 fully saturated rings. The monoisotopic (exact) mass is 442 g/mol. The Kier molecular flexibility index (Phi) is 4.28. The maximum atomic E-state index is 11.5. The average Bonchev–Trinajstić information content (AvgIpc) is 3.17. The summed E-state index contributed by atoms with van der Waals surface area (Å²) in [6, 6.07) is 5.88. The standard InChI is InChI=1S/C21H18N10O2/c32-20-15(26-21(33)29-20)7-12-9-24-31-18(25-13-1-2-13)8-17(28-19(12)31)27-16-4-3-14(10-23-16)30-6-5-22-11-30/h3-11,13,32H,1-2H2,(H,23,27)(H2,26,29,33). The number of hydrogen-bond donors (Lipinski definition) is 4. The molecule has 5 aromatic rings. The fourth-order valence-corrected chi connectivity index (χ4v) is 3.42. The summed E-state index contributed by atoms with van der Waals surface area (Å²) in [7, 11) is 0. The van der Waals surface area contributed by atoms with Crippen molar-refractivity contribution in [2.45, 2.75) is 18.9 Å². The molecule has 1 saturated carbocycles. The number of imidazole rings is 2. The van der Waals surface area contributed by atoms with Crippen LogP contribution in [-0.2, 0) is 0 Å². The van der Waals surface area contributed by atoms with E-state index in [-0.39, 0.29) is 17.6 Å². The molecule has 0 radical (unpaired) electrons. The number of rotatable bonds is 5. The molecule has 6 rings (SSSR count). The summed E-state index contributed by atoms with van der Waals surface area (Å²) >= 11 is 0. The molecule has 4 N–H and O–H groups in total. The Labute approximate surface area is 185 Å². The molecule has 0 amide bonds. The number of nitrogens with one attached hydrogen (secondary N) is 3. The van der Waals surface area contributed by atoms with Crippen molar-refractivity contribution in [3.8, 4) is 11.6 Å². The van der Waals surface area contributed by atoms with E-state index in [1.165, 1.54) is 0 Å². The van der Waals surface area contributed by atoms with Crippen LogP contribution in [0, 0.1) is 0 Å². The third-order valence-corrected chi connectivity index (χ3v) is 5.18. The molecule has 0 atom stereocenters. The number of aromatic amines is 2. The fourth-order valence-electron chi connectivity index (χ4n) is 3.42. The van der Waals surface area contributed by atoms with Gasteiger partial charge in [0.25, 0.3) is 0 Å². The van der Waals surface area contributed by atoms with Crippen molar-refractivity contribution >= 4 is 23.4 Å². The molecule has 0 aliphatic heterocycles. The minimum atomic E-state index is -0.500. The molecule has 5 aromatic heterocycles. The van der Waals surface area contributed by atoms with E-state index >= 15 is 0 Å². The maximum absolute atomic E-state index is 11.5. The normalized spacial score (nSPS) is 14.9. The van der Waals surface area contributed by atoms with Crippen LogP contribution >= 0.6 is 0 Å². The quantitative estimate of drug-likeness (QED) is 0.307. The third kappa shape index (κ3) is 3.73. The first-order valence-electron chi connectivity index (χ1n) is 10.3. The van der Waals surface area contributed by atoms with Crippen molar-refractivity contribution in [1.29, 1.82) is 0 Å². The molecular weight excluding hydrogens is 424 g/mol. The number of anilines is 2. The van der Waals surface area contributed by atoms with Crippen molar-refractivity contribution in [3.63, 3.8) is 0 Å². The topological polar surface area (TPSA) is 154 Å². The molecule has 5 heterocycles. The summed E-state index contributed by atoms with van der Waals surface area (Å²) in [4.78, 5) is 34.3. The lowest BCUT2D eigenvalue weighted by Crippen LogP contribution is -2.20. The van der Waals surface area contributed by atoms with E-state index in [0.29, 0.717) is 28.0 Å². The molecule has 1 aliphatic carbocycles. The zero-order valence-corrected chi connectivity index (χ0v) is 17.2. The Morgan fingerprint density at radius 2 is 2.12 bits per heavy atom. The highest BCUT2D eigenvalue weighted by atomic mass is 16.3. The molecule has 0 spiro atoms. The van der Waals surface area contributed by atoms with Gasteiger partial charge < -0.3 is 20.0 Å². The number of aromatic hydroxyl groups is 1. The number of aromatic nitrogens is 8. The van der Waals surface area contributed by atoms with Crippen molar-refractivity contribution in [1.82, 2.24) is 39.1 Å². The van der Waals surface area contributed by atoms with Gasteiger partial charge in [-0.3, -0.25) is 9.98 Å². The van der Waals surface area contributed by atoms with E-state index < -0.39 is 5.69 Å². The van der Waals surface area contributed by atoms with E-state index in [1.807, 2.05) is 29.0 Å². The molecule has 0 aromatic carbocycles. The van der Waals surface area contributed by atoms with Crippen LogP contribution in [0.3, 0.4) is 0 Å². The summed E-state index contributed by atoms with van der Waals surface area (Å²) in [5, 5.41) is 18.2. The van der Waals surface area contributed by atoms with Gasteiger partial charge in [0.05, 0.1) is 30.5 Å². The largest absolute Gasteiger partial charge is 0.493 e. The Morgan fingerprint density at radius 1 is 1.21 bits per heavy atom. The van der Waals surface area contributed by atoms with Gasteiger partial charge in [-0.2, -0.15) is 9.61 Å². The SMILES string of the molecule is O=c1[nH]c(O)c(C=c2cnn3c(=NC4CC4)cc(Nc4ccc(-n5ccnc5)cn4)nc23)[nH]1. The molecule has 12 heteroatoms. The van der Waals surface area contributed by atoms with Crippen molar-refractivity contribution in [2.24, 2.45) is 4.99 Å². The van der Waals surface area contributed by atoms with E-state index in [9.17, 15) is 9.90 Å². The van der Waals surface area contributed by atoms with Gasteiger partial charge >= 0.3 is 5.69 Å². The molecule has 0 bridgehead atoms. The Balaban J connectivity index is 1.43. The van der Waals surface area contributed by atoms with E-state index in [1.54, 1.807) is 35.5 Å². The third-order valence-electron chi connectivity index (χ3n) is 5.18. The zero-order valence-electron chi connectivity index (χ0n) is 17.2. The van der Waals surface area contributed by atoms with E-state index in [4.69, 9.17) is 4.99 Å². The number of H-pyrrole nitrogens is 2. The van der Waals surface area contributed by atoms with Crippen molar-refractivity contribution in [3.05, 3.63) is 76.2 Å². The predicted molar refractivity (Wildman–Crippen MR) is 118 cm³/mol. The highest BCUT2D eigenvalue weighted by Crippen LogP contribution is 2.22. The first-order valence-corrected chi connectivity index (χ1v) is 10.3. The molecule has 12 nitrogen and oxygen atoms in total. The molecular formula is C21H18N10O2. The number of fused-ring (bicyclic) bond motifs is 1. The highest BCUT2D eigenvalue weighted by molar-refractivity contribution is 5.60. The van der Waals surface area contributed by atoms with E-state index in [2.05, 4.69) is 35.3 Å². The van der Waals surface area contributed by atoms with Crippen LogP contribution in [0.4, 0.5) is 11.6 Å². The lowest BCUT2D eigenvalue weighted by Gasteiger charge is -2.07. The second kappa shape index (κ2) is 7.44. The van der Waals surface area contributed by atoms with Crippen molar-refractivity contribution < 1.29 is 5.11 Å². The van der Waals surface area contributed by atoms with Gasteiger partial charge in [-0.15, -0.1) is 0 Å². The summed E-state index contributed by atoms with van der Waals surface area (Å²) in [5.74, 6) is 0.913. The van der Waals surface area contributed by atoms with Crippen LogP contribution in [0.1, 0.15) is 18.5 Å². The van der Waals surface area contributed by atoms with Gasteiger partial charge in [0.2, 0.25) is 5.88 Å². The van der Waals surface area contributed by atoms with Crippen LogP contribution in [0.15, 0.2) is 59.1 Å². The Bertz CT molecular complexity index is 1620. The molecule has 164 valence electrons. The van der Waals surface area contributed by atoms with Crippen LogP contribution in [-0.4, -0.2) is 50.2 Å². The highest BCUT2D eigenvalue weighted by Gasteiger charge is 2.20. The molecule has 0 unspecified atom stereocenters. The smallest absolute Gasteiger partial charge is 0.326 e. The van der Waals surface area contributed by atoms with Gasteiger partial charge in [0, 0.05) is 23.7 Å². The van der Waals surface area contributed by atoms with Crippen LogP contribution in [0.5, 0.6) is 5.88 Å². The van der Waals surface area contributed by atoms with Gasteiger partial charge in [0.1, 0.15) is 17.3 Å². The van der Waals surface area contributed by atoms with Crippen molar-refractivity contribution in [2.75, 3.05) is 5.32 Å².